The van der Waals surface area contributed by atoms with Crippen LogP contribution in [0.3, 0.4) is 0 Å². The highest BCUT2D eigenvalue weighted by atomic mass is 16.3. The van der Waals surface area contributed by atoms with Gasteiger partial charge in [-0.2, -0.15) is 0 Å². The molecule has 1 radical (unpaired) electrons. The fourth-order valence-corrected chi connectivity index (χ4v) is 1.84. The Hall–Kier alpha value is -1.96. The molecule has 0 aliphatic rings. The van der Waals surface area contributed by atoms with Crippen LogP contribution < -0.4 is 0 Å². The maximum Gasteiger partial charge on any atom is 0.178 e. The molecule has 0 atom stereocenters. The van der Waals surface area contributed by atoms with Gasteiger partial charge in [0.15, 0.2) is 6.26 Å². The first-order valence-electron chi connectivity index (χ1n) is 4.89. The maximum atomic E-state index is 5.21. The van der Waals surface area contributed by atoms with Gasteiger partial charge in [0.05, 0.1) is 5.52 Å². The van der Waals surface area contributed by atoms with E-state index in [0.29, 0.717) is 0 Å². The summed E-state index contributed by atoms with van der Waals surface area (Å²) in [6.07, 6.45) is 4.85. The number of benzene rings is 1. The maximum absolute atomic E-state index is 5.21. The predicted octanol–water partition coefficient (Wildman–Crippen LogP) is 3.54. The Balaban J connectivity index is 2.30. The lowest BCUT2D eigenvalue weighted by Crippen LogP contribution is -1.76. The van der Waals surface area contributed by atoms with Crippen LogP contribution in [0.5, 0.6) is 0 Å². The van der Waals surface area contributed by atoms with Gasteiger partial charge in [0.25, 0.3) is 0 Å². The van der Waals surface area contributed by atoms with Crippen LogP contribution in [0, 0.1) is 13.2 Å². The van der Waals surface area contributed by atoms with Crippen LogP contribution in [-0.4, -0.2) is 4.98 Å². The van der Waals surface area contributed by atoms with E-state index in [1.54, 1.807) is 0 Å². The number of nitrogens with one attached hydrogen (secondary N) is 1. The Morgan fingerprint density at radius 3 is 3.00 bits per heavy atom. The third-order valence-corrected chi connectivity index (χ3v) is 2.55. The van der Waals surface area contributed by atoms with E-state index in [1.165, 1.54) is 5.39 Å². The molecule has 0 saturated heterocycles. The lowest BCUT2D eigenvalue weighted by Gasteiger charge is -1.98. The number of H-pyrrole nitrogens is 1. The average molecular weight is 196 g/mol. The van der Waals surface area contributed by atoms with Crippen molar-refractivity contribution < 1.29 is 4.42 Å². The summed E-state index contributed by atoms with van der Waals surface area (Å²) in [5, 5.41) is 1.21. The van der Waals surface area contributed by atoms with Crippen molar-refractivity contribution in [2.45, 2.75) is 6.92 Å². The number of para-hydroxylation sites is 1. The molecule has 15 heavy (non-hydrogen) atoms. The smallest absolute Gasteiger partial charge is 0.178 e. The Morgan fingerprint density at radius 1 is 1.27 bits per heavy atom. The number of furan rings is 1. The van der Waals surface area contributed by atoms with Gasteiger partial charge in [0.1, 0.15) is 5.76 Å². The minimum Gasteiger partial charge on any atom is -0.457 e. The molecule has 0 aliphatic carbocycles. The average Bonchev–Trinajstić information content (AvgIpc) is 2.84. The molecule has 2 heterocycles. The zero-order valence-electron chi connectivity index (χ0n) is 8.37. The summed E-state index contributed by atoms with van der Waals surface area (Å²) in [6.45, 7) is 1.93. The van der Waals surface area contributed by atoms with Crippen LogP contribution in [0.15, 0.2) is 40.9 Å². The highest BCUT2D eigenvalue weighted by molar-refractivity contribution is 5.93. The summed E-state index contributed by atoms with van der Waals surface area (Å²) in [5.41, 5.74) is 3.27. The van der Waals surface area contributed by atoms with Gasteiger partial charge in [-0.3, -0.25) is 0 Å². The minimum atomic E-state index is 0.883. The summed E-state index contributed by atoms with van der Waals surface area (Å²) in [4.78, 5) is 3.23. The van der Waals surface area contributed by atoms with E-state index in [9.17, 15) is 0 Å². The van der Waals surface area contributed by atoms with E-state index in [1.807, 2.05) is 25.3 Å². The van der Waals surface area contributed by atoms with E-state index in [0.717, 1.165) is 22.4 Å². The molecule has 0 amide bonds. The van der Waals surface area contributed by atoms with Gasteiger partial charge in [0, 0.05) is 17.3 Å². The standard InChI is InChI=1S/C13H10NO/c1-9-7-11(8-15-9)12-4-2-3-10-5-6-14-13(10)12/h2-7,14H,1H3. The Kier molecular flexibility index (Phi) is 1.68. The van der Waals surface area contributed by atoms with Gasteiger partial charge in [-0.25, -0.2) is 0 Å². The Morgan fingerprint density at radius 2 is 2.20 bits per heavy atom. The van der Waals surface area contributed by atoms with Gasteiger partial charge in [0.2, 0.25) is 0 Å². The number of rotatable bonds is 1. The molecule has 0 spiro atoms. The molecular weight excluding hydrogens is 186 g/mol. The zero-order chi connectivity index (χ0) is 10.3. The van der Waals surface area contributed by atoms with Crippen LogP contribution in [-0.2, 0) is 0 Å². The van der Waals surface area contributed by atoms with Crippen molar-refractivity contribution in [3.63, 3.8) is 0 Å². The first-order chi connectivity index (χ1) is 7.34. The number of aryl methyl sites for hydroxylation is 1. The number of hydrogen-bond donors (Lipinski definition) is 1. The van der Waals surface area contributed by atoms with Crippen molar-refractivity contribution in [2.24, 2.45) is 0 Å². The molecule has 1 aromatic carbocycles. The number of aromatic amines is 1. The van der Waals surface area contributed by atoms with Crippen molar-refractivity contribution in [2.75, 3.05) is 0 Å². The largest absolute Gasteiger partial charge is 0.457 e. The predicted molar refractivity (Wildman–Crippen MR) is 59.6 cm³/mol. The molecule has 2 aromatic heterocycles. The van der Waals surface area contributed by atoms with E-state index < -0.39 is 0 Å². The fraction of sp³-hybridized carbons (Fsp3) is 0.0769. The van der Waals surface area contributed by atoms with Crippen molar-refractivity contribution in [1.29, 1.82) is 0 Å². The summed E-state index contributed by atoms with van der Waals surface area (Å²) < 4.78 is 5.21. The van der Waals surface area contributed by atoms with Gasteiger partial charge >= 0.3 is 0 Å². The first-order valence-corrected chi connectivity index (χ1v) is 4.89. The fourth-order valence-electron chi connectivity index (χ4n) is 1.84. The van der Waals surface area contributed by atoms with Crippen LogP contribution in [0.25, 0.3) is 22.0 Å². The quantitative estimate of drug-likeness (QED) is 0.633. The minimum absolute atomic E-state index is 0.883. The molecule has 2 heteroatoms. The van der Waals surface area contributed by atoms with Crippen molar-refractivity contribution in [3.05, 3.63) is 48.6 Å². The molecule has 0 aliphatic heterocycles. The van der Waals surface area contributed by atoms with Gasteiger partial charge in [-0.15, -0.1) is 0 Å². The molecule has 0 bridgehead atoms. The molecule has 3 rings (SSSR count). The molecule has 2 nitrogen and oxygen atoms in total. The Labute approximate surface area is 87.5 Å². The number of aromatic nitrogens is 1. The van der Waals surface area contributed by atoms with Gasteiger partial charge in [-0.1, -0.05) is 18.2 Å². The molecule has 0 fully saturated rings. The molecular formula is C13H10NO. The third kappa shape index (κ3) is 1.26. The van der Waals surface area contributed by atoms with E-state index >= 15 is 0 Å². The monoisotopic (exact) mass is 196 g/mol. The molecule has 73 valence electrons. The first kappa shape index (κ1) is 8.36. The summed E-state index contributed by atoms with van der Waals surface area (Å²) in [6, 6.07) is 10.3. The molecule has 3 aromatic rings. The summed E-state index contributed by atoms with van der Waals surface area (Å²) >= 11 is 0. The second kappa shape index (κ2) is 3.02. The summed E-state index contributed by atoms with van der Waals surface area (Å²) in [5.74, 6) is 0.883. The second-order valence-corrected chi connectivity index (χ2v) is 3.62. The van der Waals surface area contributed by atoms with Crippen molar-refractivity contribution >= 4 is 10.9 Å². The van der Waals surface area contributed by atoms with Crippen LogP contribution >= 0.6 is 0 Å². The van der Waals surface area contributed by atoms with Crippen molar-refractivity contribution in [1.82, 2.24) is 4.98 Å². The number of hydrogen-bond acceptors (Lipinski definition) is 1. The van der Waals surface area contributed by atoms with Crippen LogP contribution in [0.4, 0.5) is 0 Å². The SMILES string of the molecule is Cc1cc(-c2cccc3cc[nH]c23)[c]o1. The van der Waals surface area contributed by atoms with E-state index in [4.69, 9.17) is 4.42 Å². The zero-order valence-corrected chi connectivity index (χ0v) is 8.37. The van der Waals surface area contributed by atoms with Gasteiger partial charge in [-0.05, 0) is 24.4 Å². The number of fused-ring (bicyclic) bond motifs is 1. The lowest BCUT2D eigenvalue weighted by atomic mass is 10.1. The normalized spacial score (nSPS) is 11.0. The Bertz CT molecular complexity index is 604. The molecule has 1 N–H and O–H groups in total. The molecule has 0 unspecified atom stereocenters. The molecule has 0 saturated carbocycles. The topological polar surface area (TPSA) is 28.9 Å². The lowest BCUT2D eigenvalue weighted by molar-refractivity contribution is 0.526. The van der Waals surface area contributed by atoms with E-state index in [2.05, 4.69) is 29.4 Å². The van der Waals surface area contributed by atoms with E-state index in [-0.39, 0.29) is 0 Å². The highest BCUT2D eigenvalue weighted by Gasteiger charge is 2.06. The second-order valence-electron chi connectivity index (χ2n) is 3.62. The highest BCUT2D eigenvalue weighted by Crippen LogP contribution is 2.28. The summed E-state index contributed by atoms with van der Waals surface area (Å²) in [7, 11) is 0. The van der Waals surface area contributed by atoms with Crippen molar-refractivity contribution in [3.8, 4) is 11.1 Å². The van der Waals surface area contributed by atoms with Crippen LogP contribution in [0.1, 0.15) is 5.76 Å². The third-order valence-electron chi connectivity index (χ3n) is 2.55. The van der Waals surface area contributed by atoms with Gasteiger partial charge < -0.3 is 9.40 Å². The van der Waals surface area contributed by atoms with Crippen LogP contribution in [0.2, 0.25) is 0 Å².